The molecule has 0 unspecified atom stereocenters. The maximum Gasteiger partial charge on any atom is 0.215 e. The molecule has 0 aliphatic carbocycles. The van der Waals surface area contributed by atoms with Gasteiger partial charge in [-0.15, -0.1) is 16.4 Å². The van der Waals surface area contributed by atoms with Crippen molar-refractivity contribution >= 4 is 28.6 Å². The summed E-state index contributed by atoms with van der Waals surface area (Å²) < 4.78 is 15.4. The number of thiazole rings is 1. The molecule has 0 N–H and O–H groups in total. The maximum atomic E-state index is 13.4. The van der Waals surface area contributed by atoms with Crippen LogP contribution in [-0.2, 0) is 0 Å². The van der Waals surface area contributed by atoms with Gasteiger partial charge < -0.3 is 0 Å². The average Bonchev–Trinajstić information content (AvgIpc) is 3.17. The van der Waals surface area contributed by atoms with Crippen molar-refractivity contribution in [1.29, 1.82) is 0 Å². The van der Waals surface area contributed by atoms with Gasteiger partial charge in [0.15, 0.2) is 0 Å². The third kappa shape index (κ3) is 4.36. The first-order chi connectivity index (χ1) is 14.1. The summed E-state index contributed by atoms with van der Waals surface area (Å²) in [6.45, 7) is 1.91. The first-order valence-electron chi connectivity index (χ1n) is 8.98. The Kier molecular flexibility index (Phi) is 5.69. The van der Waals surface area contributed by atoms with Crippen molar-refractivity contribution < 1.29 is 4.39 Å². The third-order valence-corrected chi connectivity index (χ3v) is 5.48. The molecule has 3 nitrogen and oxygen atoms in total. The Balaban J connectivity index is 1.83. The van der Waals surface area contributed by atoms with Crippen molar-refractivity contribution in [2.24, 2.45) is 10.2 Å². The zero-order valence-corrected chi connectivity index (χ0v) is 17.2. The second-order valence-corrected chi connectivity index (χ2v) is 7.65. The molecular formula is C23H17ClFN3S. The Morgan fingerprint density at radius 3 is 2.31 bits per heavy atom. The van der Waals surface area contributed by atoms with Gasteiger partial charge in [0, 0.05) is 16.1 Å². The fourth-order valence-corrected chi connectivity index (χ4v) is 3.88. The predicted octanol–water partition coefficient (Wildman–Crippen LogP) is 6.32. The molecule has 1 aromatic heterocycles. The second-order valence-electron chi connectivity index (χ2n) is 6.37. The van der Waals surface area contributed by atoms with Crippen molar-refractivity contribution in [2.45, 2.75) is 6.92 Å². The Hall–Kier alpha value is -3.02. The number of benzene rings is 3. The van der Waals surface area contributed by atoms with Gasteiger partial charge in [-0.3, -0.25) is 4.57 Å². The average molecular weight is 422 g/mol. The summed E-state index contributed by atoms with van der Waals surface area (Å²) in [7, 11) is 0. The zero-order chi connectivity index (χ0) is 20.2. The van der Waals surface area contributed by atoms with Crippen LogP contribution in [0.5, 0.6) is 0 Å². The lowest BCUT2D eigenvalue weighted by atomic mass is 10.1. The second kappa shape index (κ2) is 8.55. The zero-order valence-electron chi connectivity index (χ0n) is 15.6. The van der Waals surface area contributed by atoms with E-state index in [1.807, 2.05) is 71.5 Å². The van der Waals surface area contributed by atoms with Crippen molar-refractivity contribution in [3.05, 3.63) is 105 Å². The van der Waals surface area contributed by atoms with Crippen LogP contribution in [0.25, 0.3) is 16.9 Å². The van der Waals surface area contributed by atoms with Crippen LogP contribution in [-0.4, -0.2) is 10.3 Å². The molecular weight excluding hydrogens is 405 g/mol. The molecule has 0 bridgehead atoms. The van der Waals surface area contributed by atoms with Crippen LogP contribution in [0.1, 0.15) is 12.5 Å². The molecule has 144 valence electrons. The number of rotatable bonds is 4. The number of para-hydroxylation sites is 1. The third-order valence-electron chi connectivity index (χ3n) is 4.41. The lowest BCUT2D eigenvalue weighted by molar-refractivity contribution is 0.628. The van der Waals surface area contributed by atoms with Crippen molar-refractivity contribution in [1.82, 2.24) is 4.57 Å². The number of aromatic nitrogens is 1. The number of hydrogen-bond acceptors (Lipinski definition) is 3. The highest BCUT2D eigenvalue weighted by molar-refractivity contribution is 7.07. The van der Waals surface area contributed by atoms with E-state index >= 15 is 0 Å². The SMILES string of the molecule is C/C(=N\N=c1\scc(-c2ccc(F)cc2)n1-c1ccccc1)c1ccc(Cl)cc1. The van der Waals surface area contributed by atoms with Crippen LogP contribution in [0.15, 0.2) is 94.4 Å². The smallest absolute Gasteiger partial charge is 0.215 e. The van der Waals surface area contributed by atoms with Gasteiger partial charge in [0.05, 0.1) is 11.4 Å². The molecule has 29 heavy (non-hydrogen) atoms. The van der Waals surface area contributed by atoms with E-state index < -0.39 is 0 Å². The highest BCUT2D eigenvalue weighted by Crippen LogP contribution is 2.23. The molecule has 0 aliphatic heterocycles. The van der Waals surface area contributed by atoms with Gasteiger partial charge in [-0.25, -0.2) is 4.39 Å². The van der Waals surface area contributed by atoms with Crippen LogP contribution in [0.2, 0.25) is 5.02 Å². The molecule has 0 radical (unpaired) electrons. The highest BCUT2D eigenvalue weighted by Gasteiger charge is 2.10. The summed E-state index contributed by atoms with van der Waals surface area (Å²) in [4.78, 5) is 0.726. The molecule has 0 aliphatic rings. The monoisotopic (exact) mass is 421 g/mol. The number of nitrogens with zero attached hydrogens (tertiary/aromatic N) is 3. The number of halogens is 2. The van der Waals surface area contributed by atoms with Crippen LogP contribution in [0.4, 0.5) is 4.39 Å². The van der Waals surface area contributed by atoms with Crippen molar-refractivity contribution in [3.63, 3.8) is 0 Å². The van der Waals surface area contributed by atoms with E-state index in [1.54, 1.807) is 12.1 Å². The molecule has 1 heterocycles. The molecule has 0 saturated heterocycles. The quantitative estimate of drug-likeness (QED) is 0.272. The minimum absolute atomic E-state index is 0.261. The topological polar surface area (TPSA) is 29.6 Å². The van der Waals surface area contributed by atoms with Gasteiger partial charge in [0.1, 0.15) is 5.82 Å². The van der Waals surface area contributed by atoms with E-state index in [2.05, 4.69) is 10.2 Å². The normalized spacial score (nSPS) is 12.4. The minimum atomic E-state index is -0.261. The molecule has 4 rings (SSSR count). The fourth-order valence-electron chi connectivity index (χ4n) is 2.90. The van der Waals surface area contributed by atoms with Crippen LogP contribution >= 0.6 is 22.9 Å². The summed E-state index contributed by atoms with van der Waals surface area (Å²) >= 11 is 7.44. The summed E-state index contributed by atoms with van der Waals surface area (Å²) in [6, 6.07) is 23.9. The summed E-state index contributed by atoms with van der Waals surface area (Å²) in [5, 5.41) is 11.6. The van der Waals surface area contributed by atoms with Gasteiger partial charge in [0.25, 0.3) is 0 Å². The fraction of sp³-hybridized carbons (Fsp3) is 0.0435. The molecule has 0 amide bonds. The molecule has 0 spiro atoms. The lowest BCUT2D eigenvalue weighted by Gasteiger charge is -2.09. The van der Waals surface area contributed by atoms with Crippen LogP contribution < -0.4 is 4.80 Å². The molecule has 3 aromatic carbocycles. The van der Waals surface area contributed by atoms with Gasteiger partial charge in [-0.1, -0.05) is 41.9 Å². The van der Waals surface area contributed by atoms with E-state index in [0.717, 1.165) is 33.0 Å². The maximum absolute atomic E-state index is 13.4. The van der Waals surface area contributed by atoms with E-state index in [4.69, 9.17) is 11.6 Å². The largest absolute Gasteiger partial charge is 0.284 e. The Labute approximate surface area is 177 Å². The van der Waals surface area contributed by atoms with Gasteiger partial charge in [-0.2, -0.15) is 5.10 Å². The lowest BCUT2D eigenvalue weighted by Crippen LogP contribution is -2.13. The summed E-state index contributed by atoms with van der Waals surface area (Å²) in [5.74, 6) is -0.261. The van der Waals surface area contributed by atoms with E-state index in [-0.39, 0.29) is 5.82 Å². The van der Waals surface area contributed by atoms with Gasteiger partial charge >= 0.3 is 0 Å². The van der Waals surface area contributed by atoms with E-state index in [0.29, 0.717) is 5.02 Å². The summed E-state index contributed by atoms with van der Waals surface area (Å²) in [5.41, 5.74) is 4.55. The molecule has 0 saturated carbocycles. The van der Waals surface area contributed by atoms with Gasteiger partial charge in [0.2, 0.25) is 4.80 Å². The molecule has 4 aromatic rings. The van der Waals surface area contributed by atoms with E-state index in [1.165, 1.54) is 23.5 Å². The van der Waals surface area contributed by atoms with Crippen molar-refractivity contribution in [3.8, 4) is 16.9 Å². The summed E-state index contributed by atoms with van der Waals surface area (Å²) in [6.07, 6.45) is 0. The standard InChI is InChI=1S/C23H17ClFN3S/c1-16(17-7-11-19(24)12-8-17)26-27-23-28(21-5-3-2-4-6-21)22(15-29-23)18-9-13-20(25)14-10-18/h2-15H,1H3/b26-16+,27-23+. The Bertz CT molecular complexity index is 1210. The van der Waals surface area contributed by atoms with Crippen LogP contribution in [0, 0.1) is 5.82 Å². The highest BCUT2D eigenvalue weighted by atomic mass is 35.5. The molecule has 0 fully saturated rings. The first-order valence-corrected chi connectivity index (χ1v) is 10.2. The minimum Gasteiger partial charge on any atom is -0.284 e. The molecule has 6 heteroatoms. The van der Waals surface area contributed by atoms with E-state index in [9.17, 15) is 4.39 Å². The van der Waals surface area contributed by atoms with Crippen molar-refractivity contribution in [2.75, 3.05) is 0 Å². The molecule has 0 atom stereocenters. The van der Waals surface area contributed by atoms with Gasteiger partial charge in [-0.05, 0) is 66.6 Å². The predicted molar refractivity (Wildman–Crippen MR) is 118 cm³/mol. The van der Waals surface area contributed by atoms with Crippen LogP contribution in [0.3, 0.4) is 0 Å². The Morgan fingerprint density at radius 1 is 0.931 bits per heavy atom. The number of hydrogen-bond donors (Lipinski definition) is 0. The Morgan fingerprint density at radius 2 is 1.62 bits per heavy atom. The first kappa shape index (κ1) is 19.3.